The maximum Gasteiger partial charge on any atom is 0.322 e. The number of nitrogens with one attached hydrogen (secondary N) is 1. The summed E-state index contributed by atoms with van der Waals surface area (Å²) in [6.07, 6.45) is 1.64. The summed E-state index contributed by atoms with van der Waals surface area (Å²) >= 11 is 0. The van der Waals surface area contributed by atoms with Crippen molar-refractivity contribution in [1.82, 2.24) is 5.32 Å². The van der Waals surface area contributed by atoms with E-state index in [-0.39, 0.29) is 18.1 Å². The molecule has 0 fully saturated rings. The Labute approximate surface area is 81.5 Å². The van der Waals surface area contributed by atoms with Gasteiger partial charge in [-0.2, -0.15) is 0 Å². The summed E-state index contributed by atoms with van der Waals surface area (Å²) in [5, 5.41) is 2.99. The van der Waals surface area contributed by atoms with E-state index in [1.807, 2.05) is 6.92 Å². The molecule has 1 N–H and O–H groups in total. The molecule has 13 heavy (non-hydrogen) atoms. The van der Waals surface area contributed by atoms with Gasteiger partial charge in [0.2, 0.25) is 0 Å². The first-order valence-corrected chi connectivity index (χ1v) is 5.84. The molecule has 0 saturated heterocycles. The molecule has 5 heteroatoms. The van der Waals surface area contributed by atoms with Crippen LogP contribution in [0.25, 0.3) is 0 Å². The second kappa shape index (κ2) is 6.10. The van der Waals surface area contributed by atoms with E-state index in [0.717, 1.165) is 0 Å². The molecule has 0 bridgehead atoms. The van der Waals surface area contributed by atoms with Gasteiger partial charge >= 0.3 is 5.97 Å². The second-order valence-corrected chi connectivity index (χ2v) is 4.53. The van der Waals surface area contributed by atoms with E-state index in [1.165, 1.54) is 7.11 Å². The molecule has 0 rings (SSSR count). The van der Waals surface area contributed by atoms with E-state index < -0.39 is 10.8 Å². The fourth-order valence-corrected chi connectivity index (χ4v) is 1.87. The molecule has 0 saturated carbocycles. The lowest BCUT2D eigenvalue weighted by molar-refractivity contribution is -0.142. The van der Waals surface area contributed by atoms with Crippen LogP contribution in [-0.4, -0.2) is 41.4 Å². The first-order valence-electron chi connectivity index (χ1n) is 4.11. The van der Waals surface area contributed by atoms with Crippen LogP contribution in [0.5, 0.6) is 0 Å². The largest absolute Gasteiger partial charge is 0.468 e. The summed E-state index contributed by atoms with van der Waals surface area (Å²) in [6, 6.07) is -0.288. The highest BCUT2D eigenvalue weighted by atomic mass is 32.2. The molecular formula is C8H17NO3S. The van der Waals surface area contributed by atoms with E-state index in [9.17, 15) is 9.00 Å². The van der Waals surface area contributed by atoms with Crippen LogP contribution >= 0.6 is 0 Å². The minimum Gasteiger partial charge on any atom is -0.468 e. The molecule has 0 aromatic carbocycles. The molecule has 0 aliphatic rings. The van der Waals surface area contributed by atoms with Crippen molar-refractivity contribution in [3.8, 4) is 0 Å². The number of hydrogen-bond donors (Lipinski definition) is 1. The Morgan fingerprint density at radius 2 is 2.08 bits per heavy atom. The third-order valence-corrected chi connectivity index (χ3v) is 2.54. The zero-order chi connectivity index (χ0) is 10.4. The van der Waals surface area contributed by atoms with Crippen LogP contribution in [0.4, 0.5) is 0 Å². The van der Waals surface area contributed by atoms with Crippen LogP contribution in [0.2, 0.25) is 0 Å². The molecule has 0 aliphatic carbocycles. The Morgan fingerprint density at radius 3 is 2.46 bits per heavy atom. The first kappa shape index (κ1) is 12.6. The predicted octanol–water partition coefficient (Wildman–Crippen LogP) is -0.0955. The summed E-state index contributed by atoms with van der Waals surface area (Å²) in [6.45, 7) is 3.61. The van der Waals surface area contributed by atoms with Gasteiger partial charge in [-0.1, -0.05) is 0 Å². The highest BCUT2D eigenvalue weighted by Gasteiger charge is 2.15. The summed E-state index contributed by atoms with van der Waals surface area (Å²) < 4.78 is 15.4. The van der Waals surface area contributed by atoms with Crippen molar-refractivity contribution in [1.29, 1.82) is 0 Å². The molecular weight excluding hydrogens is 190 g/mol. The third kappa shape index (κ3) is 5.76. The lowest BCUT2D eigenvalue weighted by atomic mass is 10.3. The molecule has 0 heterocycles. The van der Waals surface area contributed by atoms with Gasteiger partial charge in [0.1, 0.15) is 6.04 Å². The van der Waals surface area contributed by atoms with E-state index in [2.05, 4.69) is 10.1 Å². The van der Waals surface area contributed by atoms with Crippen LogP contribution in [0.1, 0.15) is 13.8 Å². The van der Waals surface area contributed by atoms with Gasteiger partial charge < -0.3 is 10.1 Å². The molecule has 0 aliphatic heterocycles. The Hall–Kier alpha value is -0.420. The van der Waals surface area contributed by atoms with Crippen molar-refractivity contribution in [2.24, 2.45) is 0 Å². The number of hydrogen-bond acceptors (Lipinski definition) is 4. The zero-order valence-electron chi connectivity index (χ0n) is 8.49. The molecule has 0 aromatic rings. The lowest BCUT2D eigenvalue weighted by Crippen LogP contribution is -2.42. The molecule has 0 aromatic heterocycles. The van der Waals surface area contributed by atoms with Crippen molar-refractivity contribution < 1.29 is 13.7 Å². The number of carbonyl (C=O) groups is 1. The minimum absolute atomic E-state index is 0.0555. The van der Waals surface area contributed by atoms with Crippen LogP contribution in [0.15, 0.2) is 0 Å². The van der Waals surface area contributed by atoms with Crippen LogP contribution in [-0.2, 0) is 20.3 Å². The van der Waals surface area contributed by atoms with E-state index in [1.54, 1.807) is 13.2 Å². The summed E-state index contributed by atoms with van der Waals surface area (Å²) in [4.78, 5) is 11.0. The maximum absolute atomic E-state index is 11.0. The van der Waals surface area contributed by atoms with Gasteiger partial charge in [-0.25, -0.2) is 0 Å². The van der Waals surface area contributed by atoms with Crippen molar-refractivity contribution >= 4 is 16.8 Å². The molecule has 0 radical (unpaired) electrons. The standard InChI is InChI=1S/C8H17NO3S/c1-6(5-13(4)11)9-7(2)8(10)12-3/h6-7,9H,5H2,1-4H3. The van der Waals surface area contributed by atoms with E-state index in [4.69, 9.17) is 0 Å². The van der Waals surface area contributed by atoms with Crippen LogP contribution < -0.4 is 5.32 Å². The SMILES string of the molecule is COC(=O)C(C)NC(C)CS(C)=O. The van der Waals surface area contributed by atoms with Gasteiger partial charge in [-0.3, -0.25) is 9.00 Å². The molecule has 3 unspecified atom stereocenters. The minimum atomic E-state index is -0.842. The molecule has 0 spiro atoms. The molecule has 4 nitrogen and oxygen atoms in total. The van der Waals surface area contributed by atoms with Gasteiger partial charge in [0.15, 0.2) is 0 Å². The molecule has 78 valence electrons. The Kier molecular flexibility index (Phi) is 5.90. The zero-order valence-corrected chi connectivity index (χ0v) is 9.31. The third-order valence-electron chi connectivity index (χ3n) is 1.57. The van der Waals surface area contributed by atoms with Crippen molar-refractivity contribution in [3.63, 3.8) is 0 Å². The van der Waals surface area contributed by atoms with Crippen LogP contribution in [0, 0.1) is 0 Å². The first-order chi connectivity index (χ1) is 5.97. The quantitative estimate of drug-likeness (QED) is 0.640. The average molecular weight is 207 g/mol. The number of rotatable bonds is 5. The van der Waals surface area contributed by atoms with Gasteiger partial charge in [-0.15, -0.1) is 0 Å². The van der Waals surface area contributed by atoms with Crippen molar-refractivity contribution in [3.05, 3.63) is 0 Å². The summed E-state index contributed by atoms with van der Waals surface area (Å²) in [7, 11) is 0.508. The van der Waals surface area contributed by atoms with Gasteiger partial charge in [0.05, 0.1) is 7.11 Å². The smallest absolute Gasteiger partial charge is 0.322 e. The Balaban J connectivity index is 3.83. The fraction of sp³-hybridized carbons (Fsp3) is 0.875. The lowest BCUT2D eigenvalue weighted by Gasteiger charge is -2.16. The topological polar surface area (TPSA) is 55.4 Å². The number of esters is 1. The van der Waals surface area contributed by atoms with E-state index >= 15 is 0 Å². The normalized spacial score (nSPS) is 17.5. The monoisotopic (exact) mass is 207 g/mol. The highest BCUT2D eigenvalue weighted by molar-refractivity contribution is 7.84. The highest BCUT2D eigenvalue weighted by Crippen LogP contribution is 1.91. The van der Waals surface area contributed by atoms with Gasteiger partial charge in [0.25, 0.3) is 0 Å². The number of methoxy groups -OCH3 is 1. The summed E-state index contributed by atoms with van der Waals surface area (Å²) in [5.74, 6) is 0.246. The van der Waals surface area contributed by atoms with Crippen molar-refractivity contribution in [2.45, 2.75) is 25.9 Å². The van der Waals surface area contributed by atoms with Gasteiger partial charge in [0, 0.05) is 28.9 Å². The second-order valence-electron chi connectivity index (χ2n) is 3.05. The van der Waals surface area contributed by atoms with Crippen molar-refractivity contribution in [2.75, 3.05) is 19.1 Å². The van der Waals surface area contributed by atoms with Crippen LogP contribution in [0.3, 0.4) is 0 Å². The molecule has 3 atom stereocenters. The maximum atomic E-state index is 11.0. The Bertz CT molecular complexity index is 196. The number of ether oxygens (including phenoxy) is 1. The predicted molar refractivity (Wildman–Crippen MR) is 53.0 cm³/mol. The summed E-state index contributed by atoms with van der Waals surface area (Å²) in [5.41, 5.74) is 0. The fourth-order valence-electron chi connectivity index (χ4n) is 1.07. The average Bonchev–Trinajstić information content (AvgIpc) is 2.01. The number of carbonyl (C=O) groups excluding carboxylic acids is 1. The van der Waals surface area contributed by atoms with E-state index in [0.29, 0.717) is 5.75 Å². The molecule has 0 amide bonds. The Morgan fingerprint density at radius 1 is 1.54 bits per heavy atom. The van der Waals surface area contributed by atoms with Gasteiger partial charge in [-0.05, 0) is 13.8 Å².